The fourth-order valence-corrected chi connectivity index (χ4v) is 4.12. The van der Waals surface area contributed by atoms with Gasteiger partial charge in [0.25, 0.3) is 11.6 Å². The molecule has 144 valence electrons. The van der Waals surface area contributed by atoms with Crippen molar-refractivity contribution in [1.82, 2.24) is 4.98 Å². The summed E-state index contributed by atoms with van der Waals surface area (Å²) in [5.74, 6) is -0.447. The maximum atomic E-state index is 12.5. The number of halogens is 1. The second-order valence-electron chi connectivity index (χ2n) is 6.16. The van der Waals surface area contributed by atoms with E-state index < -0.39 is 10.8 Å². The quantitative estimate of drug-likeness (QED) is 0.509. The van der Waals surface area contributed by atoms with Gasteiger partial charge in [-0.25, -0.2) is 4.98 Å². The van der Waals surface area contributed by atoms with Crippen LogP contribution in [-0.2, 0) is 4.74 Å². The van der Waals surface area contributed by atoms with Crippen molar-refractivity contribution in [3.63, 3.8) is 0 Å². The van der Waals surface area contributed by atoms with Crippen LogP contribution in [0.4, 0.5) is 16.5 Å². The summed E-state index contributed by atoms with van der Waals surface area (Å²) in [7, 11) is 0. The largest absolute Gasteiger partial charge is 0.378 e. The summed E-state index contributed by atoms with van der Waals surface area (Å²) in [4.78, 5) is 29.7. The lowest BCUT2D eigenvalue weighted by Gasteiger charge is -2.25. The maximum absolute atomic E-state index is 12.5. The molecule has 2 aromatic carbocycles. The van der Waals surface area contributed by atoms with Crippen LogP contribution in [0.3, 0.4) is 0 Å². The molecule has 1 fully saturated rings. The lowest BCUT2D eigenvalue weighted by Crippen LogP contribution is -2.36. The Labute approximate surface area is 168 Å². The monoisotopic (exact) mass is 418 g/mol. The number of benzene rings is 2. The number of hydrogen-bond acceptors (Lipinski definition) is 7. The van der Waals surface area contributed by atoms with E-state index in [0.29, 0.717) is 18.9 Å². The summed E-state index contributed by atoms with van der Waals surface area (Å²) in [6.45, 7) is 2.98. The Morgan fingerprint density at radius 2 is 2.04 bits per heavy atom. The van der Waals surface area contributed by atoms with E-state index in [-0.39, 0.29) is 16.3 Å². The van der Waals surface area contributed by atoms with Crippen molar-refractivity contribution in [3.05, 3.63) is 57.1 Å². The number of rotatable bonds is 4. The molecule has 1 N–H and O–H groups in total. The number of morpholine rings is 1. The number of anilines is 2. The van der Waals surface area contributed by atoms with Gasteiger partial charge in [0.2, 0.25) is 0 Å². The average molecular weight is 419 g/mol. The van der Waals surface area contributed by atoms with E-state index in [0.717, 1.165) is 28.4 Å². The summed E-state index contributed by atoms with van der Waals surface area (Å²) in [5, 5.41) is 14.7. The number of amides is 1. The van der Waals surface area contributed by atoms with Crippen molar-refractivity contribution >= 4 is 55.6 Å². The molecule has 1 aliphatic rings. The third kappa shape index (κ3) is 3.77. The van der Waals surface area contributed by atoms with Crippen LogP contribution in [-0.4, -0.2) is 42.1 Å². The van der Waals surface area contributed by atoms with Gasteiger partial charge in [0.15, 0.2) is 5.13 Å². The standard InChI is InChI=1S/C18H15ClN4O4S/c19-13-3-1-11(9-15(13)23(25)26)17(24)20-12-2-4-14-16(10-12)28-18(21-14)22-5-7-27-8-6-22/h1-4,9-10H,5-8H2,(H,20,24). The predicted molar refractivity (Wildman–Crippen MR) is 109 cm³/mol. The zero-order valence-corrected chi connectivity index (χ0v) is 16.1. The first-order valence-electron chi connectivity index (χ1n) is 8.50. The predicted octanol–water partition coefficient (Wildman–Crippen LogP) is 3.95. The fraction of sp³-hybridized carbons (Fsp3) is 0.222. The number of ether oxygens (including phenoxy) is 1. The number of fused-ring (bicyclic) bond motifs is 1. The summed E-state index contributed by atoms with van der Waals surface area (Å²) < 4.78 is 6.31. The van der Waals surface area contributed by atoms with Crippen LogP contribution in [0.15, 0.2) is 36.4 Å². The van der Waals surface area contributed by atoms with Gasteiger partial charge in [0, 0.05) is 30.4 Å². The van der Waals surface area contributed by atoms with Gasteiger partial charge < -0.3 is 15.0 Å². The van der Waals surface area contributed by atoms with Crippen molar-refractivity contribution in [2.24, 2.45) is 0 Å². The van der Waals surface area contributed by atoms with E-state index in [1.165, 1.54) is 18.2 Å². The number of carbonyl (C=O) groups excluding carboxylic acids is 1. The normalized spacial score (nSPS) is 14.2. The minimum Gasteiger partial charge on any atom is -0.378 e. The van der Waals surface area contributed by atoms with Crippen molar-refractivity contribution in [1.29, 1.82) is 0 Å². The van der Waals surface area contributed by atoms with Crippen molar-refractivity contribution in [2.45, 2.75) is 0 Å². The third-order valence-corrected chi connectivity index (χ3v) is 5.72. The molecule has 0 atom stereocenters. The highest BCUT2D eigenvalue weighted by molar-refractivity contribution is 7.22. The highest BCUT2D eigenvalue weighted by Gasteiger charge is 2.18. The SMILES string of the molecule is O=C(Nc1ccc2nc(N3CCOCC3)sc2c1)c1ccc(Cl)c([N+](=O)[O-])c1. The summed E-state index contributed by atoms with van der Waals surface area (Å²) in [5.41, 5.74) is 1.30. The molecule has 1 aromatic heterocycles. The zero-order chi connectivity index (χ0) is 19.7. The Balaban J connectivity index is 1.55. The number of nitrogens with one attached hydrogen (secondary N) is 1. The number of hydrogen-bond donors (Lipinski definition) is 1. The number of nitro benzene ring substituents is 1. The van der Waals surface area contributed by atoms with Crippen LogP contribution in [0.5, 0.6) is 0 Å². The van der Waals surface area contributed by atoms with Gasteiger partial charge in [0.05, 0.1) is 28.4 Å². The van der Waals surface area contributed by atoms with Crippen LogP contribution in [0.25, 0.3) is 10.2 Å². The molecule has 1 saturated heterocycles. The third-order valence-electron chi connectivity index (χ3n) is 4.32. The number of nitrogens with zero attached hydrogens (tertiary/aromatic N) is 3. The molecule has 8 nitrogen and oxygen atoms in total. The van der Waals surface area contributed by atoms with Crippen LogP contribution in [0, 0.1) is 10.1 Å². The van der Waals surface area contributed by atoms with Gasteiger partial charge in [-0.15, -0.1) is 0 Å². The van der Waals surface area contributed by atoms with Gasteiger partial charge in [0.1, 0.15) is 5.02 Å². The summed E-state index contributed by atoms with van der Waals surface area (Å²) in [6.07, 6.45) is 0. The highest BCUT2D eigenvalue weighted by atomic mass is 35.5. The van der Waals surface area contributed by atoms with Gasteiger partial charge in [-0.3, -0.25) is 14.9 Å². The number of aromatic nitrogens is 1. The number of carbonyl (C=O) groups is 1. The molecule has 0 aliphatic carbocycles. The first-order chi connectivity index (χ1) is 13.5. The minimum atomic E-state index is -0.615. The second kappa shape index (κ2) is 7.70. The minimum absolute atomic E-state index is 0.0109. The number of nitro groups is 1. The van der Waals surface area contributed by atoms with Crippen LogP contribution < -0.4 is 10.2 Å². The van der Waals surface area contributed by atoms with Gasteiger partial charge in [-0.05, 0) is 30.3 Å². The Morgan fingerprint density at radius 3 is 2.79 bits per heavy atom. The molecular weight excluding hydrogens is 404 g/mol. The zero-order valence-electron chi connectivity index (χ0n) is 14.6. The molecule has 3 aromatic rings. The molecule has 0 spiro atoms. The topological polar surface area (TPSA) is 97.6 Å². The Hall–Kier alpha value is -2.75. The smallest absolute Gasteiger partial charge is 0.288 e. The van der Waals surface area contributed by atoms with Crippen molar-refractivity contribution in [2.75, 3.05) is 36.5 Å². The van der Waals surface area contributed by atoms with E-state index in [9.17, 15) is 14.9 Å². The first-order valence-corrected chi connectivity index (χ1v) is 9.69. The van der Waals surface area contributed by atoms with Gasteiger partial charge in [-0.2, -0.15) is 0 Å². The Kier molecular flexibility index (Phi) is 5.12. The van der Waals surface area contributed by atoms with Gasteiger partial charge in [-0.1, -0.05) is 22.9 Å². The molecule has 10 heteroatoms. The highest BCUT2D eigenvalue weighted by Crippen LogP contribution is 2.31. The fourth-order valence-electron chi connectivity index (χ4n) is 2.88. The summed E-state index contributed by atoms with van der Waals surface area (Å²) in [6, 6.07) is 9.41. The molecule has 0 radical (unpaired) electrons. The van der Waals surface area contributed by atoms with Crippen molar-refractivity contribution < 1.29 is 14.5 Å². The van der Waals surface area contributed by atoms with Gasteiger partial charge >= 0.3 is 0 Å². The molecular formula is C18H15ClN4O4S. The Bertz CT molecular complexity index is 1060. The molecule has 4 rings (SSSR count). The Morgan fingerprint density at radius 1 is 1.25 bits per heavy atom. The second-order valence-corrected chi connectivity index (χ2v) is 7.57. The lowest BCUT2D eigenvalue weighted by molar-refractivity contribution is -0.384. The number of thiazole rings is 1. The molecule has 1 aliphatic heterocycles. The van der Waals surface area contributed by atoms with E-state index in [2.05, 4.69) is 15.2 Å². The van der Waals surface area contributed by atoms with E-state index in [4.69, 9.17) is 16.3 Å². The van der Waals surface area contributed by atoms with E-state index >= 15 is 0 Å². The molecule has 28 heavy (non-hydrogen) atoms. The van der Waals surface area contributed by atoms with Crippen LogP contribution >= 0.6 is 22.9 Å². The van der Waals surface area contributed by atoms with Crippen molar-refractivity contribution in [3.8, 4) is 0 Å². The van der Waals surface area contributed by atoms with Crippen LogP contribution in [0.1, 0.15) is 10.4 Å². The molecule has 0 bridgehead atoms. The molecule has 0 saturated carbocycles. The first kappa shape index (κ1) is 18.6. The molecule has 1 amide bonds. The maximum Gasteiger partial charge on any atom is 0.288 e. The van der Waals surface area contributed by atoms with E-state index in [1.807, 2.05) is 12.1 Å². The van der Waals surface area contributed by atoms with E-state index in [1.54, 1.807) is 17.4 Å². The molecule has 2 heterocycles. The lowest BCUT2D eigenvalue weighted by atomic mass is 10.2. The van der Waals surface area contributed by atoms with Crippen LogP contribution in [0.2, 0.25) is 5.02 Å². The average Bonchev–Trinajstić information content (AvgIpc) is 3.12. The molecule has 0 unspecified atom stereocenters. The summed E-state index contributed by atoms with van der Waals surface area (Å²) >= 11 is 7.35.